The van der Waals surface area contributed by atoms with Crippen LogP contribution in [-0.4, -0.2) is 20.6 Å². The van der Waals surface area contributed by atoms with Gasteiger partial charge in [-0.05, 0) is 49.4 Å². The van der Waals surface area contributed by atoms with Gasteiger partial charge in [0.1, 0.15) is 0 Å². The maximum absolute atomic E-state index is 3.73. The van der Waals surface area contributed by atoms with Crippen LogP contribution in [-0.2, 0) is 0 Å². The molecule has 1 N–H and O–H groups in total. The van der Waals surface area contributed by atoms with Crippen molar-refractivity contribution in [3.05, 3.63) is 29.8 Å². The molecule has 0 radical (unpaired) electrons. The lowest BCUT2D eigenvalue weighted by atomic mass is 9.80. The largest absolute Gasteiger partial charge is 0.378 e. The fourth-order valence-corrected chi connectivity index (χ4v) is 3.20. The SMILES string of the molecule is CC(NCC1CCCCC1C)c1ccc(N(C)C)cc1. The van der Waals surface area contributed by atoms with E-state index in [1.807, 2.05) is 0 Å². The summed E-state index contributed by atoms with van der Waals surface area (Å²) < 4.78 is 0. The maximum atomic E-state index is 3.73. The lowest BCUT2D eigenvalue weighted by Crippen LogP contribution is -2.31. The predicted molar refractivity (Wildman–Crippen MR) is 88.3 cm³/mol. The van der Waals surface area contributed by atoms with Crippen molar-refractivity contribution in [1.82, 2.24) is 5.32 Å². The molecular formula is C18H30N2. The Morgan fingerprint density at radius 2 is 1.80 bits per heavy atom. The zero-order chi connectivity index (χ0) is 14.5. The van der Waals surface area contributed by atoms with Gasteiger partial charge in [-0.25, -0.2) is 0 Å². The maximum Gasteiger partial charge on any atom is 0.0361 e. The molecule has 1 aliphatic rings. The first kappa shape index (κ1) is 15.4. The van der Waals surface area contributed by atoms with Crippen molar-refractivity contribution >= 4 is 5.69 Å². The summed E-state index contributed by atoms with van der Waals surface area (Å²) in [5, 5.41) is 3.73. The van der Waals surface area contributed by atoms with Crippen LogP contribution >= 0.6 is 0 Å². The second-order valence-corrected chi connectivity index (χ2v) is 6.64. The Balaban J connectivity index is 1.86. The lowest BCUT2D eigenvalue weighted by molar-refractivity contribution is 0.242. The van der Waals surface area contributed by atoms with E-state index in [-0.39, 0.29) is 0 Å². The standard InChI is InChI=1S/C18H30N2/c1-14-7-5-6-8-17(14)13-19-15(2)16-9-11-18(12-10-16)20(3)4/h9-12,14-15,17,19H,5-8,13H2,1-4H3. The number of anilines is 1. The molecule has 0 bridgehead atoms. The number of benzene rings is 1. The van der Waals surface area contributed by atoms with Crippen molar-refractivity contribution in [2.75, 3.05) is 25.5 Å². The molecule has 20 heavy (non-hydrogen) atoms. The highest BCUT2D eigenvalue weighted by Crippen LogP contribution is 2.29. The molecule has 0 amide bonds. The minimum atomic E-state index is 0.445. The molecular weight excluding hydrogens is 244 g/mol. The predicted octanol–water partition coefficient (Wildman–Crippen LogP) is 4.23. The van der Waals surface area contributed by atoms with E-state index in [0.29, 0.717) is 6.04 Å². The normalized spacial score (nSPS) is 24.4. The van der Waals surface area contributed by atoms with Gasteiger partial charge in [-0.1, -0.05) is 38.3 Å². The lowest BCUT2D eigenvalue weighted by Gasteiger charge is -2.30. The number of nitrogens with zero attached hydrogens (tertiary/aromatic N) is 1. The molecule has 1 aliphatic carbocycles. The van der Waals surface area contributed by atoms with Gasteiger partial charge >= 0.3 is 0 Å². The first-order chi connectivity index (χ1) is 9.58. The summed E-state index contributed by atoms with van der Waals surface area (Å²) in [6.07, 6.45) is 5.67. The topological polar surface area (TPSA) is 15.3 Å². The molecule has 2 heteroatoms. The number of hydrogen-bond acceptors (Lipinski definition) is 2. The molecule has 0 heterocycles. The Labute approximate surface area is 124 Å². The summed E-state index contributed by atoms with van der Waals surface area (Å²) in [5.41, 5.74) is 2.65. The minimum Gasteiger partial charge on any atom is -0.378 e. The molecule has 0 aromatic heterocycles. The smallest absolute Gasteiger partial charge is 0.0361 e. The van der Waals surface area contributed by atoms with E-state index in [1.54, 1.807) is 0 Å². The van der Waals surface area contributed by atoms with Gasteiger partial charge in [0.25, 0.3) is 0 Å². The number of rotatable bonds is 5. The van der Waals surface area contributed by atoms with Crippen molar-refractivity contribution < 1.29 is 0 Å². The summed E-state index contributed by atoms with van der Waals surface area (Å²) in [5.74, 6) is 1.76. The second-order valence-electron chi connectivity index (χ2n) is 6.64. The van der Waals surface area contributed by atoms with Gasteiger partial charge in [0.05, 0.1) is 0 Å². The highest BCUT2D eigenvalue weighted by atomic mass is 15.1. The molecule has 0 saturated heterocycles. The van der Waals surface area contributed by atoms with Gasteiger partial charge in [-0.2, -0.15) is 0 Å². The van der Waals surface area contributed by atoms with E-state index in [1.165, 1.54) is 36.9 Å². The number of nitrogens with one attached hydrogen (secondary N) is 1. The van der Waals surface area contributed by atoms with Crippen LogP contribution in [0.15, 0.2) is 24.3 Å². The van der Waals surface area contributed by atoms with E-state index < -0.39 is 0 Å². The van der Waals surface area contributed by atoms with Crippen molar-refractivity contribution in [1.29, 1.82) is 0 Å². The first-order valence-corrected chi connectivity index (χ1v) is 8.08. The Morgan fingerprint density at radius 3 is 2.40 bits per heavy atom. The van der Waals surface area contributed by atoms with Gasteiger partial charge in [0.2, 0.25) is 0 Å². The van der Waals surface area contributed by atoms with Crippen LogP contribution in [0.25, 0.3) is 0 Å². The fourth-order valence-electron chi connectivity index (χ4n) is 3.20. The second kappa shape index (κ2) is 7.12. The summed E-state index contributed by atoms with van der Waals surface area (Å²) >= 11 is 0. The third-order valence-electron chi connectivity index (χ3n) is 4.88. The highest BCUT2D eigenvalue weighted by Gasteiger charge is 2.21. The Hall–Kier alpha value is -1.02. The van der Waals surface area contributed by atoms with Crippen LogP contribution in [0, 0.1) is 11.8 Å². The van der Waals surface area contributed by atoms with Gasteiger partial charge in [-0.3, -0.25) is 0 Å². The van der Waals surface area contributed by atoms with Gasteiger partial charge in [0.15, 0.2) is 0 Å². The molecule has 3 atom stereocenters. The molecule has 0 spiro atoms. The summed E-state index contributed by atoms with van der Waals surface area (Å²) in [7, 11) is 4.17. The van der Waals surface area contributed by atoms with Crippen LogP contribution in [0.2, 0.25) is 0 Å². The third-order valence-corrected chi connectivity index (χ3v) is 4.88. The van der Waals surface area contributed by atoms with E-state index in [4.69, 9.17) is 0 Å². The fraction of sp³-hybridized carbons (Fsp3) is 0.667. The van der Waals surface area contributed by atoms with Crippen LogP contribution < -0.4 is 10.2 Å². The molecule has 1 saturated carbocycles. The quantitative estimate of drug-likeness (QED) is 0.864. The molecule has 2 rings (SSSR count). The number of hydrogen-bond donors (Lipinski definition) is 1. The summed E-state index contributed by atoms with van der Waals surface area (Å²) in [6, 6.07) is 9.35. The van der Waals surface area contributed by atoms with E-state index in [9.17, 15) is 0 Å². The van der Waals surface area contributed by atoms with Crippen molar-refractivity contribution in [3.63, 3.8) is 0 Å². The molecule has 112 valence electrons. The molecule has 1 fully saturated rings. The van der Waals surface area contributed by atoms with E-state index >= 15 is 0 Å². The first-order valence-electron chi connectivity index (χ1n) is 8.08. The highest BCUT2D eigenvalue weighted by molar-refractivity contribution is 5.46. The monoisotopic (exact) mass is 274 g/mol. The molecule has 1 aromatic rings. The van der Waals surface area contributed by atoms with Gasteiger partial charge in [-0.15, -0.1) is 0 Å². The third kappa shape index (κ3) is 3.99. The Morgan fingerprint density at radius 1 is 1.15 bits per heavy atom. The van der Waals surface area contributed by atoms with Crippen molar-refractivity contribution in [3.8, 4) is 0 Å². The van der Waals surface area contributed by atoms with Crippen LogP contribution in [0.3, 0.4) is 0 Å². The Bertz CT molecular complexity index is 396. The molecule has 0 aliphatic heterocycles. The van der Waals surface area contributed by atoms with Crippen LogP contribution in [0.1, 0.15) is 51.1 Å². The van der Waals surface area contributed by atoms with Crippen LogP contribution in [0.4, 0.5) is 5.69 Å². The zero-order valence-electron chi connectivity index (χ0n) is 13.5. The summed E-state index contributed by atoms with van der Waals surface area (Å²) in [4.78, 5) is 2.14. The summed E-state index contributed by atoms with van der Waals surface area (Å²) in [6.45, 7) is 5.86. The molecule has 1 aromatic carbocycles. The van der Waals surface area contributed by atoms with Crippen LogP contribution in [0.5, 0.6) is 0 Å². The minimum absolute atomic E-state index is 0.445. The van der Waals surface area contributed by atoms with E-state index in [0.717, 1.165) is 18.4 Å². The van der Waals surface area contributed by atoms with Gasteiger partial charge < -0.3 is 10.2 Å². The average molecular weight is 274 g/mol. The van der Waals surface area contributed by atoms with Crippen molar-refractivity contribution in [2.24, 2.45) is 11.8 Å². The Kier molecular flexibility index (Phi) is 5.47. The van der Waals surface area contributed by atoms with E-state index in [2.05, 4.69) is 62.4 Å². The van der Waals surface area contributed by atoms with Gasteiger partial charge in [0, 0.05) is 25.8 Å². The van der Waals surface area contributed by atoms with Crippen molar-refractivity contribution in [2.45, 2.75) is 45.6 Å². The average Bonchev–Trinajstić information content (AvgIpc) is 2.46. The zero-order valence-corrected chi connectivity index (χ0v) is 13.5. The molecule has 2 nitrogen and oxygen atoms in total. The molecule has 3 unspecified atom stereocenters.